The molecular weight excluding hydrogens is 271 g/mol. The van der Waals surface area contributed by atoms with Crippen molar-refractivity contribution < 1.29 is 9.13 Å². The van der Waals surface area contributed by atoms with Crippen LogP contribution in [0.5, 0.6) is 5.75 Å². The lowest BCUT2D eigenvalue weighted by atomic mass is 10.1. The zero-order chi connectivity index (χ0) is 15.4. The zero-order valence-electron chi connectivity index (χ0n) is 12.6. The third kappa shape index (κ3) is 4.01. The van der Waals surface area contributed by atoms with Crippen LogP contribution in [-0.2, 0) is 13.2 Å². The largest absolute Gasteiger partial charge is 0.483 e. The topological polar surface area (TPSA) is 66.0 Å². The van der Waals surface area contributed by atoms with Gasteiger partial charge in [-0.25, -0.2) is 14.1 Å². The number of nitrogens with two attached hydrogens (primary N) is 1. The van der Waals surface area contributed by atoms with Gasteiger partial charge in [0.05, 0.1) is 0 Å². The molecule has 0 bridgehead atoms. The molecule has 0 aliphatic heterocycles. The summed E-state index contributed by atoms with van der Waals surface area (Å²) in [6.07, 6.45) is 1.48. The first-order valence-electron chi connectivity index (χ1n) is 7.02. The van der Waals surface area contributed by atoms with Gasteiger partial charge in [0.1, 0.15) is 12.9 Å². The number of rotatable bonds is 6. The molecule has 0 unspecified atom stereocenters. The van der Waals surface area contributed by atoms with Gasteiger partial charge in [-0.15, -0.1) is 0 Å². The van der Waals surface area contributed by atoms with Gasteiger partial charge in [-0.2, -0.15) is 5.10 Å². The number of hydrogen-bond acceptors (Lipinski definition) is 4. The minimum absolute atomic E-state index is 0.182. The molecule has 1 aromatic heterocycles. The molecule has 0 aliphatic rings. The third-order valence-corrected chi connectivity index (χ3v) is 3.07. The molecule has 1 heterocycles. The minimum Gasteiger partial charge on any atom is -0.483 e. The van der Waals surface area contributed by atoms with Crippen molar-refractivity contribution >= 4 is 0 Å². The first-order valence-corrected chi connectivity index (χ1v) is 7.02. The van der Waals surface area contributed by atoms with Crippen molar-refractivity contribution in [2.75, 3.05) is 0 Å². The van der Waals surface area contributed by atoms with E-state index in [0.29, 0.717) is 11.7 Å². The van der Waals surface area contributed by atoms with Gasteiger partial charge in [-0.1, -0.05) is 19.9 Å². The summed E-state index contributed by atoms with van der Waals surface area (Å²) in [5.41, 5.74) is 6.46. The quantitative estimate of drug-likeness (QED) is 0.889. The highest BCUT2D eigenvalue weighted by molar-refractivity contribution is 5.30. The van der Waals surface area contributed by atoms with Gasteiger partial charge in [0.15, 0.2) is 17.4 Å². The molecule has 1 atom stereocenters. The number of halogens is 1. The van der Waals surface area contributed by atoms with Crippen LogP contribution in [0.25, 0.3) is 0 Å². The molecule has 0 saturated carbocycles. The molecule has 0 radical (unpaired) electrons. The fourth-order valence-corrected chi connectivity index (χ4v) is 1.96. The Kier molecular flexibility index (Phi) is 4.90. The average Bonchev–Trinajstić information content (AvgIpc) is 2.83. The number of ether oxygens (including phenoxy) is 1. The first kappa shape index (κ1) is 15.4. The van der Waals surface area contributed by atoms with Crippen molar-refractivity contribution in [1.82, 2.24) is 14.8 Å². The molecule has 0 fully saturated rings. The van der Waals surface area contributed by atoms with Gasteiger partial charge in [0.25, 0.3) is 0 Å². The van der Waals surface area contributed by atoms with Gasteiger partial charge < -0.3 is 10.5 Å². The maximum atomic E-state index is 13.9. The summed E-state index contributed by atoms with van der Waals surface area (Å²) >= 11 is 0. The van der Waals surface area contributed by atoms with E-state index in [0.717, 1.165) is 12.1 Å². The molecule has 0 amide bonds. The smallest absolute Gasteiger partial charge is 0.165 e. The fraction of sp³-hybridized carbons (Fsp3) is 0.467. The Morgan fingerprint density at radius 2 is 2.10 bits per heavy atom. The van der Waals surface area contributed by atoms with Crippen LogP contribution in [0.15, 0.2) is 24.5 Å². The molecule has 0 spiro atoms. The van der Waals surface area contributed by atoms with E-state index in [1.54, 1.807) is 16.8 Å². The zero-order valence-corrected chi connectivity index (χ0v) is 12.6. The maximum Gasteiger partial charge on any atom is 0.165 e. The molecule has 114 valence electrons. The highest BCUT2D eigenvalue weighted by Gasteiger charge is 2.10. The van der Waals surface area contributed by atoms with E-state index in [4.69, 9.17) is 10.5 Å². The van der Waals surface area contributed by atoms with Gasteiger partial charge in [-0.05, 0) is 30.5 Å². The summed E-state index contributed by atoms with van der Waals surface area (Å²) in [5, 5.41) is 4.14. The summed E-state index contributed by atoms with van der Waals surface area (Å²) in [7, 11) is 0. The van der Waals surface area contributed by atoms with Gasteiger partial charge in [-0.3, -0.25) is 0 Å². The van der Waals surface area contributed by atoms with Crippen molar-refractivity contribution in [3.05, 3.63) is 41.7 Å². The molecule has 2 aromatic rings. The highest BCUT2D eigenvalue weighted by atomic mass is 19.1. The highest BCUT2D eigenvalue weighted by Crippen LogP contribution is 2.21. The van der Waals surface area contributed by atoms with Crippen molar-refractivity contribution in [2.45, 2.75) is 40.0 Å². The number of hydrogen-bond donors (Lipinski definition) is 1. The van der Waals surface area contributed by atoms with E-state index in [9.17, 15) is 4.39 Å². The Morgan fingerprint density at radius 1 is 1.33 bits per heavy atom. The Hall–Kier alpha value is -1.95. The predicted molar refractivity (Wildman–Crippen MR) is 78.2 cm³/mol. The van der Waals surface area contributed by atoms with Crippen LogP contribution in [-0.4, -0.2) is 14.8 Å². The van der Waals surface area contributed by atoms with E-state index in [1.165, 1.54) is 12.4 Å². The molecule has 2 rings (SSSR count). The Labute approximate surface area is 123 Å². The summed E-state index contributed by atoms with van der Waals surface area (Å²) in [4.78, 5) is 4.14. The van der Waals surface area contributed by atoms with Crippen LogP contribution in [0, 0.1) is 11.7 Å². The monoisotopic (exact) mass is 292 g/mol. The minimum atomic E-state index is -0.417. The molecule has 0 saturated heterocycles. The summed E-state index contributed by atoms with van der Waals surface area (Å²) in [6, 6.07) is 4.56. The number of nitrogens with zero attached hydrogens (tertiary/aromatic N) is 3. The van der Waals surface area contributed by atoms with Crippen LogP contribution in [0.3, 0.4) is 0 Å². The first-order chi connectivity index (χ1) is 9.97. The van der Waals surface area contributed by atoms with Crippen LogP contribution in [0.2, 0.25) is 0 Å². The second-order valence-corrected chi connectivity index (χ2v) is 5.52. The summed E-state index contributed by atoms with van der Waals surface area (Å²) in [6.45, 7) is 6.94. The van der Waals surface area contributed by atoms with Gasteiger partial charge >= 0.3 is 0 Å². The van der Waals surface area contributed by atoms with Crippen molar-refractivity contribution in [3.63, 3.8) is 0 Å². The lowest BCUT2D eigenvalue weighted by Gasteiger charge is -2.11. The Balaban J connectivity index is 2.05. The molecule has 1 aromatic carbocycles. The van der Waals surface area contributed by atoms with E-state index in [1.807, 2.05) is 6.92 Å². The lowest BCUT2D eigenvalue weighted by Crippen LogP contribution is -2.12. The molecule has 6 heteroatoms. The van der Waals surface area contributed by atoms with Crippen LogP contribution in [0.1, 0.15) is 38.2 Å². The average molecular weight is 292 g/mol. The van der Waals surface area contributed by atoms with Crippen LogP contribution >= 0.6 is 0 Å². The van der Waals surface area contributed by atoms with Crippen molar-refractivity contribution in [3.8, 4) is 5.75 Å². The molecule has 21 heavy (non-hydrogen) atoms. The van der Waals surface area contributed by atoms with E-state index < -0.39 is 5.82 Å². The van der Waals surface area contributed by atoms with E-state index in [-0.39, 0.29) is 18.4 Å². The fourth-order valence-electron chi connectivity index (χ4n) is 1.96. The molecular formula is C15H21FN4O. The van der Waals surface area contributed by atoms with E-state index >= 15 is 0 Å². The molecule has 2 N–H and O–H groups in total. The standard InChI is InChI=1S/C15H21FN4O/c1-10(2)7-20-15(18-9-19-20)8-21-14-5-4-12(11(3)17)6-13(14)16/h4-6,9-11H,7-8,17H2,1-3H3/t11-/m1/s1. The third-order valence-electron chi connectivity index (χ3n) is 3.07. The second kappa shape index (κ2) is 6.67. The van der Waals surface area contributed by atoms with Crippen LogP contribution < -0.4 is 10.5 Å². The normalized spacial score (nSPS) is 12.7. The predicted octanol–water partition coefficient (Wildman–Crippen LogP) is 2.67. The van der Waals surface area contributed by atoms with Gasteiger partial charge in [0.2, 0.25) is 0 Å². The summed E-state index contributed by atoms with van der Waals surface area (Å²) in [5.74, 6) is 0.908. The summed E-state index contributed by atoms with van der Waals surface area (Å²) < 4.78 is 21.2. The van der Waals surface area contributed by atoms with Crippen LogP contribution in [0.4, 0.5) is 4.39 Å². The lowest BCUT2D eigenvalue weighted by molar-refractivity contribution is 0.269. The molecule has 5 nitrogen and oxygen atoms in total. The maximum absolute atomic E-state index is 13.9. The van der Waals surface area contributed by atoms with E-state index in [2.05, 4.69) is 23.9 Å². The number of benzene rings is 1. The van der Waals surface area contributed by atoms with Gasteiger partial charge in [0, 0.05) is 12.6 Å². The Bertz CT molecular complexity index is 595. The second-order valence-electron chi connectivity index (χ2n) is 5.52. The SMILES string of the molecule is CC(C)Cn1ncnc1COc1ccc([C@@H](C)N)cc1F. The molecule has 0 aliphatic carbocycles. The number of aromatic nitrogens is 3. The Morgan fingerprint density at radius 3 is 2.71 bits per heavy atom. The van der Waals surface area contributed by atoms with Crippen molar-refractivity contribution in [2.24, 2.45) is 11.7 Å². The van der Waals surface area contributed by atoms with Crippen molar-refractivity contribution in [1.29, 1.82) is 0 Å².